The topological polar surface area (TPSA) is 87.7 Å². The summed E-state index contributed by atoms with van der Waals surface area (Å²) in [6, 6.07) is 12.4. The first-order valence-corrected chi connectivity index (χ1v) is 11.7. The van der Waals surface area contributed by atoms with Crippen LogP contribution >= 0.6 is 0 Å². The number of methoxy groups -OCH3 is 1. The van der Waals surface area contributed by atoms with Crippen LogP contribution in [-0.2, 0) is 21.2 Å². The number of benzene rings is 2. The van der Waals surface area contributed by atoms with E-state index < -0.39 is 10.0 Å². The van der Waals surface area contributed by atoms with Crippen LogP contribution in [0.4, 0.5) is 5.69 Å². The normalized spacial score (nSPS) is 14.9. The fourth-order valence-electron chi connectivity index (χ4n) is 3.77. The maximum absolute atomic E-state index is 13.0. The molecule has 0 saturated heterocycles. The number of sulfonamides is 1. The van der Waals surface area contributed by atoms with E-state index in [-0.39, 0.29) is 23.4 Å². The number of aryl methyl sites for hydroxylation is 1. The van der Waals surface area contributed by atoms with E-state index in [9.17, 15) is 13.2 Å². The molecule has 1 amide bonds. The minimum absolute atomic E-state index is 0.0448. The minimum Gasteiger partial charge on any atom is -0.497 e. The predicted octanol–water partition coefficient (Wildman–Crippen LogP) is 2.94. The number of hydrogen-bond acceptors (Lipinski definition) is 5. The number of nitrogens with zero attached hydrogens (tertiary/aromatic N) is 1. The fraction of sp³-hybridized carbons (Fsp3) is 0.409. The van der Waals surface area contributed by atoms with Gasteiger partial charge < -0.3 is 10.1 Å². The summed E-state index contributed by atoms with van der Waals surface area (Å²) in [5.41, 5.74) is 2.52. The first-order valence-electron chi connectivity index (χ1n) is 10.2. The molecule has 3 rings (SSSR count). The quantitative estimate of drug-likeness (QED) is 0.637. The average Bonchev–Trinajstić information content (AvgIpc) is 2.76. The second-order valence-electron chi connectivity index (χ2n) is 7.23. The molecule has 2 aromatic rings. The van der Waals surface area contributed by atoms with Gasteiger partial charge in [0.1, 0.15) is 5.75 Å². The first kappa shape index (κ1) is 22.3. The maximum Gasteiger partial charge on any atom is 0.240 e. The van der Waals surface area contributed by atoms with Crippen molar-refractivity contribution in [2.75, 3.05) is 32.1 Å². The molecule has 8 heteroatoms. The van der Waals surface area contributed by atoms with E-state index in [0.717, 1.165) is 30.0 Å². The van der Waals surface area contributed by atoms with Gasteiger partial charge in [0, 0.05) is 24.7 Å². The van der Waals surface area contributed by atoms with Gasteiger partial charge in [-0.25, -0.2) is 13.1 Å². The Labute approximate surface area is 178 Å². The molecule has 162 valence electrons. The van der Waals surface area contributed by atoms with Crippen molar-refractivity contribution in [3.63, 3.8) is 0 Å². The third-order valence-electron chi connectivity index (χ3n) is 5.48. The molecule has 7 nitrogen and oxygen atoms in total. The summed E-state index contributed by atoms with van der Waals surface area (Å²) in [6.45, 7) is 5.94. The van der Waals surface area contributed by atoms with E-state index in [1.165, 1.54) is 6.07 Å². The van der Waals surface area contributed by atoms with Crippen molar-refractivity contribution in [3.05, 3.63) is 53.6 Å². The summed E-state index contributed by atoms with van der Waals surface area (Å²) in [6.07, 6.45) is 0.903. The van der Waals surface area contributed by atoms with Gasteiger partial charge in [0.25, 0.3) is 0 Å². The van der Waals surface area contributed by atoms with Crippen molar-refractivity contribution in [3.8, 4) is 5.75 Å². The number of ether oxygens (including phenoxy) is 1. The number of nitrogens with one attached hydrogen (secondary N) is 2. The largest absolute Gasteiger partial charge is 0.497 e. The summed E-state index contributed by atoms with van der Waals surface area (Å²) in [5, 5.41) is 2.78. The molecule has 1 aliphatic rings. The molecule has 0 bridgehead atoms. The lowest BCUT2D eigenvalue weighted by Crippen LogP contribution is -2.38. The van der Waals surface area contributed by atoms with Crippen molar-refractivity contribution in [1.82, 2.24) is 9.62 Å². The minimum atomic E-state index is -3.70. The van der Waals surface area contributed by atoms with Crippen molar-refractivity contribution in [2.24, 2.45) is 0 Å². The maximum atomic E-state index is 13.0. The van der Waals surface area contributed by atoms with Crippen molar-refractivity contribution in [1.29, 1.82) is 0 Å². The zero-order valence-electron chi connectivity index (χ0n) is 17.6. The lowest BCUT2D eigenvalue weighted by molar-refractivity contribution is -0.116. The molecule has 0 aromatic heterocycles. The van der Waals surface area contributed by atoms with Crippen LogP contribution in [0.15, 0.2) is 47.4 Å². The van der Waals surface area contributed by atoms with Gasteiger partial charge >= 0.3 is 0 Å². The van der Waals surface area contributed by atoms with Crippen LogP contribution < -0.4 is 14.8 Å². The standard InChI is InChI=1S/C22H29N3O4S/c1-4-25(5-2)21(17-7-6-8-18(13-17)29-3)15-23-30(27,28)19-10-11-20-16(14-19)9-12-22(26)24-20/h6-8,10-11,13-14,21,23H,4-5,9,12,15H2,1-3H3,(H,24,26). The Balaban J connectivity index is 1.82. The van der Waals surface area contributed by atoms with Gasteiger partial charge in [0.05, 0.1) is 12.0 Å². The second-order valence-corrected chi connectivity index (χ2v) is 9.00. The molecule has 0 radical (unpaired) electrons. The molecular weight excluding hydrogens is 402 g/mol. The van der Waals surface area contributed by atoms with Crippen LogP contribution in [0.2, 0.25) is 0 Å². The molecule has 0 spiro atoms. The average molecular weight is 432 g/mol. The zero-order chi connectivity index (χ0) is 21.7. The molecule has 30 heavy (non-hydrogen) atoms. The number of amides is 1. The molecule has 1 heterocycles. The van der Waals surface area contributed by atoms with Gasteiger partial charge in [-0.15, -0.1) is 0 Å². The summed E-state index contributed by atoms with van der Waals surface area (Å²) < 4.78 is 34.1. The van der Waals surface area contributed by atoms with Gasteiger partial charge in [-0.05, 0) is 61.0 Å². The zero-order valence-corrected chi connectivity index (χ0v) is 18.5. The van der Waals surface area contributed by atoms with Gasteiger partial charge in [-0.3, -0.25) is 9.69 Å². The lowest BCUT2D eigenvalue weighted by atomic mass is 10.0. The number of rotatable bonds is 9. The Bertz CT molecular complexity index is 1000. The Morgan fingerprint density at radius 3 is 2.60 bits per heavy atom. The molecular formula is C22H29N3O4S. The Morgan fingerprint density at radius 2 is 1.90 bits per heavy atom. The van der Waals surface area contributed by atoms with Crippen LogP contribution in [0.3, 0.4) is 0 Å². The summed E-state index contributed by atoms with van der Waals surface area (Å²) in [4.78, 5) is 13.9. The molecule has 1 unspecified atom stereocenters. The predicted molar refractivity (Wildman–Crippen MR) is 117 cm³/mol. The number of anilines is 1. The lowest BCUT2D eigenvalue weighted by Gasteiger charge is -2.30. The highest BCUT2D eigenvalue weighted by Crippen LogP contribution is 2.27. The highest BCUT2D eigenvalue weighted by molar-refractivity contribution is 7.89. The number of likely N-dealkylation sites (N-methyl/N-ethyl adjacent to an activating group) is 1. The molecule has 1 aliphatic heterocycles. The molecule has 0 saturated carbocycles. The Hall–Kier alpha value is -2.42. The van der Waals surface area contributed by atoms with E-state index in [1.807, 2.05) is 24.3 Å². The van der Waals surface area contributed by atoms with E-state index in [1.54, 1.807) is 19.2 Å². The van der Waals surface area contributed by atoms with Gasteiger partial charge in [-0.2, -0.15) is 0 Å². The van der Waals surface area contributed by atoms with Gasteiger partial charge in [0.15, 0.2) is 0 Å². The molecule has 1 atom stereocenters. The number of fused-ring (bicyclic) bond motifs is 1. The smallest absolute Gasteiger partial charge is 0.240 e. The van der Waals surface area contributed by atoms with Gasteiger partial charge in [0.2, 0.25) is 15.9 Å². The van der Waals surface area contributed by atoms with Crippen LogP contribution in [0.1, 0.15) is 37.4 Å². The number of hydrogen-bond donors (Lipinski definition) is 2. The molecule has 2 aromatic carbocycles. The van der Waals surface area contributed by atoms with Crippen LogP contribution in [0.5, 0.6) is 5.75 Å². The van der Waals surface area contributed by atoms with Crippen molar-refractivity contribution >= 4 is 21.6 Å². The van der Waals surface area contributed by atoms with Crippen LogP contribution in [0.25, 0.3) is 0 Å². The SMILES string of the molecule is CCN(CC)C(CNS(=O)(=O)c1ccc2c(c1)CCC(=O)N2)c1cccc(OC)c1. The van der Waals surface area contributed by atoms with Crippen LogP contribution in [-0.4, -0.2) is 46.0 Å². The van der Waals surface area contributed by atoms with Crippen LogP contribution in [0, 0.1) is 0 Å². The summed E-state index contributed by atoms with van der Waals surface area (Å²) in [7, 11) is -2.08. The highest BCUT2D eigenvalue weighted by atomic mass is 32.2. The van der Waals surface area contributed by atoms with E-state index >= 15 is 0 Å². The second kappa shape index (κ2) is 9.59. The monoisotopic (exact) mass is 431 g/mol. The highest BCUT2D eigenvalue weighted by Gasteiger charge is 2.24. The van der Waals surface area contributed by atoms with E-state index in [2.05, 4.69) is 28.8 Å². The number of carbonyl (C=O) groups excluding carboxylic acids is 1. The van der Waals surface area contributed by atoms with Crippen molar-refractivity contribution < 1.29 is 17.9 Å². The third kappa shape index (κ3) is 5.00. The Kier molecular flexibility index (Phi) is 7.12. The Morgan fingerprint density at radius 1 is 1.13 bits per heavy atom. The van der Waals surface area contributed by atoms with E-state index in [4.69, 9.17) is 4.74 Å². The third-order valence-corrected chi connectivity index (χ3v) is 6.90. The van der Waals surface area contributed by atoms with Crippen molar-refractivity contribution in [2.45, 2.75) is 37.6 Å². The molecule has 0 fully saturated rings. The molecule has 2 N–H and O–H groups in total. The van der Waals surface area contributed by atoms with E-state index in [0.29, 0.717) is 18.5 Å². The summed E-state index contributed by atoms with van der Waals surface area (Å²) in [5.74, 6) is 0.695. The van der Waals surface area contributed by atoms with Gasteiger partial charge in [-0.1, -0.05) is 26.0 Å². The summed E-state index contributed by atoms with van der Waals surface area (Å²) >= 11 is 0. The fourth-order valence-corrected chi connectivity index (χ4v) is 4.86. The number of carbonyl (C=O) groups is 1. The molecule has 0 aliphatic carbocycles. The first-order chi connectivity index (χ1) is 14.4.